The number of nitrogens with one attached hydrogen (secondary N) is 1. The van der Waals surface area contributed by atoms with Crippen LogP contribution in [0.15, 0.2) is 36.5 Å². The fraction of sp³-hybridized carbons (Fsp3) is 0.316. The van der Waals surface area contributed by atoms with Crippen LogP contribution in [0.2, 0.25) is 0 Å². The fourth-order valence-electron chi connectivity index (χ4n) is 2.86. The molecule has 0 aliphatic rings. The highest BCUT2D eigenvalue weighted by molar-refractivity contribution is 6.05. The zero-order valence-electron chi connectivity index (χ0n) is 14.7. The minimum absolute atomic E-state index is 0.0498. The van der Waals surface area contributed by atoms with E-state index in [2.05, 4.69) is 15.4 Å². The van der Waals surface area contributed by atoms with Gasteiger partial charge >= 0.3 is 0 Å². The lowest BCUT2D eigenvalue weighted by molar-refractivity contribution is 0.0952. The summed E-state index contributed by atoms with van der Waals surface area (Å²) in [4.78, 5) is 17.3. The molecule has 0 bridgehead atoms. The number of amides is 1. The lowest BCUT2D eigenvalue weighted by Gasteiger charge is -2.11. The fourth-order valence-corrected chi connectivity index (χ4v) is 2.86. The van der Waals surface area contributed by atoms with E-state index in [9.17, 15) is 9.90 Å². The van der Waals surface area contributed by atoms with E-state index in [1.807, 2.05) is 49.7 Å². The number of nitrogens with zero attached hydrogens (tertiary/aromatic N) is 3. The molecule has 0 aliphatic heterocycles. The summed E-state index contributed by atoms with van der Waals surface area (Å²) >= 11 is 0. The number of aryl methyl sites for hydroxylation is 1. The number of pyridine rings is 1. The minimum Gasteiger partial charge on any atom is -0.392 e. The Labute approximate surface area is 146 Å². The molecule has 0 spiro atoms. The van der Waals surface area contributed by atoms with Gasteiger partial charge in [0, 0.05) is 18.3 Å². The van der Waals surface area contributed by atoms with Gasteiger partial charge in [-0.1, -0.05) is 24.3 Å². The van der Waals surface area contributed by atoms with Gasteiger partial charge in [-0.2, -0.15) is 5.10 Å². The number of carbonyl (C=O) groups is 1. The largest absolute Gasteiger partial charge is 0.392 e. The van der Waals surface area contributed by atoms with Crippen molar-refractivity contribution in [3.63, 3.8) is 0 Å². The Hall–Kier alpha value is -2.73. The third-order valence-electron chi connectivity index (χ3n) is 4.16. The van der Waals surface area contributed by atoms with Crippen molar-refractivity contribution in [2.75, 3.05) is 0 Å². The van der Waals surface area contributed by atoms with Crippen molar-refractivity contribution in [3.05, 3.63) is 58.9 Å². The van der Waals surface area contributed by atoms with E-state index in [-0.39, 0.29) is 18.6 Å². The monoisotopic (exact) mass is 338 g/mol. The van der Waals surface area contributed by atoms with Crippen molar-refractivity contribution in [2.45, 2.75) is 40.0 Å². The van der Waals surface area contributed by atoms with Gasteiger partial charge in [0.25, 0.3) is 5.91 Å². The van der Waals surface area contributed by atoms with Gasteiger partial charge < -0.3 is 10.4 Å². The van der Waals surface area contributed by atoms with Crippen molar-refractivity contribution in [3.8, 4) is 0 Å². The average Bonchev–Trinajstić information content (AvgIpc) is 3.03. The molecule has 0 radical (unpaired) electrons. The summed E-state index contributed by atoms with van der Waals surface area (Å²) < 4.78 is 1.82. The first-order chi connectivity index (χ1) is 12.0. The van der Waals surface area contributed by atoms with E-state index in [0.29, 0.717) is 12.1 Å². The normalized spacial score (nSPS) is 11.2. The molecule has 2 heterocycles. The van der Waals surface area contributed by atoms with Crippen LogP contribution in [-0.2, 0) is 13.2 Å². The summed E-state index contributed by atoms with van der Waals surface area (Å²) in [5.41, 5.74) is 3.77. The van der Waals surface area contributed by atoms with Gasteiger partial charge in [0.1, 0.15) is 0 Å². The SMILES string of the molecule is Cc1cc(C(=O)NCc2ccccc2CO)c2cnn(C(C)C)c2n1. The molecule has 2 N–H and O–H groups in total. The third kappa shape index (κ3) is 3.39. The molecule has 6 heteroatoms. The smallest absolute Gasteiger partial charge is 0.252 e. The summed E-state index contributed by atoms with van der Waals surface area (Å²) in [6, 6.07) is 9.45. The first-order valence-electron chi connectivity index (χ1n) is 8.32. The van der Waals surface area contributed by atoms with Gasteiger partial charge in [0.15, 0.2) is 5.65 Å². The van der Waals surface area contributed by atoms with Crippen molar-refractivity contribution in [1.29, 1.82) is 0 Å². The maximum Gasteiger partial charge on any atom is 0.252 e. The highest BCUT2D eigenvalue weighted by atomic mass is 16.3. The molecule has 25 heavy (non-hydrogen) atoms. The second-order valence-electron chi connectivity index (χ2n) is 6.34. The van der Waals surface area contributed by atoms with E-state index < -0.39 is 0 Å². The number of rotatable bonds is 5. The van der Waals surface area contributed by atoms with E-state index in [0.717, 1.165) is 27.9 Å². The highest BCUT2D eigenvalue weighted by Crippen LogP contribution is 2.21. The zero-order chi connectivity index (χ0) is 18.0. The molecule has 0 saturated heterocycles. The summed E-state index contributed by atoms with van der Waals surface area (Å²) in [6.07, 6.45) is 1.69. The Kier molecular flexibility index (Phi) is 4.81. The van der Waals surface area contributed by atoms with Gasteiger partial charge in [-0.3, -0.25) is 4.79 Å². The van der Waals surface area contributed by atoms with E-state index in [4.69, 9.17) is 0 Å². The Balaban J connectivity index is 1.90. The quantitative estimate of drug-likeness (QED) is 0.750. The molecule has 6 nitrogen and oxygen atoms in total. The minimum atomic E-state index is -0.174. The molecule has 0 atom stereocenters. The average molecular weight is 338 g/mol. The molecular formula is C19H22N4O2. The van der Waals surface area contributed by atoms with Crippen LogP contribution in [0.25, 0.3) is 11.0 Å². The molecule has 0 unspecified atom stereocenters. The van der Waals surface area contributed by atoms with E-state index in [1.165, 1.54) is 0 Å². The van der Waals surface area contributed by atoms with Crippen molar-refractivity contribution < 1.29 is 9.90 Å². The summed E-state index contributed by atoms with van der Waals surface area (Å²) in [5.74, 6) is -0.174. The topological polar surface area (TPSA) is 80.0 Å². The van der Waals surface area contributed by atoms with Crippen LogP contribution in [-0.4, -0.2) is 25.8 Å². The first-order valence-corrected chi connectivity index (χ1v) is 8.32. The Morgan fingerprint density at radius 3 is 2.68 bits per heavy atom. The van der Waals surface area contributed by atoms with E-state index >= 15 is 0 Å². The lowest BCUT2D eigenvalue weighted by atomic mass is 10.1. The standard InChI is InChI=1S/C19H22N4O2/c1-12(2)23-18-17(10-21-23)16(8-13(3)22-18)19(25)20-9-14-6-4-5-7-15(14)11-24/h4-8,10,12,24H,9,11H2,1-3H3,(H,20,25). The Bertz CT molecular complexity index is 915. The molecule has 1 amide bonds. The number of aromatic nitrogens is 3. The lowest BCUT2D eigenvalue weighted by Crippen LogP contribution is -2.24. The molecule has 2 aromatic heterocycles. The number of benzene rings is 1. The predicted molar refractivity (Wildman–Crippen MR) is 96.2 cm³/mol. The number of hydrogen-bond acceptors (Lipinski definition) is 4. The molecule has 0 fully saturated rings. The van der Waals surface area contributed by atoms with Crippen LogP contribution in [0.5, 0.6) is 0 Å². The zero-order valence-corrected chi connectivity index (χ0v) is 14.7. The second kappa shape index (κ2) is 7.03. The van der Waals surface area contributed by atoms with E-state index in [1.54, 1.807) is 12.3 Å². The predicted octanol–water partition coefficient (Wildman–Crippen LogP) is 2.74. The van der Waals surface area contributed by atoms with Crippen LogP contribution in [0.3, 0.4) is 0 Å². The second-order valence-corrected chi connectivity index (χ2v) is 6.34. The Morgan fingerprint density at radius 1 is 1.28 bits per heavy atom. The van der Waals surface area contributed by atoms with Gasteiger partial charge in [-0.25, -0.2) is 9.67 Å². The molecule has 0 aliphatic carbocycles. The van der Waals surface area contributed by atoms with Crippen molar-refractivity contribution in [1.82, 2.24) is 20.1 Å². The molecule has 1 aromatic carbocycles. The molecule has 130 valence electrons. The molecular weight excluding hydrogens is 316 g/mol. The molecule has 0 saturated carbocycles. The van der Waals surface area contributed by atoms with Gasteiger partial charge in [-0.15, -0.1) is 0 Å². The number of fused-ring (bicyclic) bond motifs is 1. The summed E-state index contributed by atoms with van der Waals surface area (Å²) in [7, 11) is 0. The number of aliphatic hydroxyl groups is 1. The maximum absolute atomic E-state index is 12.7. The van der Waals surface area contributed by atoms with Crippen LogP contribution in [0.4, 0.5) is 0 Å². The van der Waals surface area contributed by atoms with Crippen LogP contribution in [0, 0.1) is 6.92 Å². The molecule has 3 aromatic rings. The Morgan fingerprint density at radius 2 is 2.00 bits per heavy atom. The van der Waals surface area contributed by atoms with Crippen LogP contribution >= 0.6 is 0 Å². The number of carbonyl (C=O) groups excluding carboxylic acids is 1. The summed E-state index contributed by atoms with van der Waals surface area (Å²) in [5, 5.41) is 17.4. The number of aliphatic hydroxyl groups excluding tert-OH is 1. The van der Waals surface area contributed by atoms with Gasteiger partial charge in [0.05, 0.1) is 23.8 Å². The van der Waals surface area contributed by atoms with Gasteiger partial charge in [0.2, 0.25) is 0 Å². The summed E-state index contributed by atoms with van der Waals surface area (Å²) in [6.45, 7) is 6.24. The van der Waals surface area contributed by atoms with Crippen LogP contribution < -0.4 is 5.32 Å². The third-order valence-corrected chi connectivity index (χ3v) is 4.16. The highest BCUT2D eigenvalue weighted by Gasteiger charge is 2.17. The molecule has 3 rings (SSSR count). The van der Waals surface area contributed by atoms with Crippen molar-refractivity contribution >= 4 is 16.9 Å². The van der Waals surface area contributed by atoms with Crippen molar-refractivity contribution in [2.24, 2.45) is 0 Å². The first kappa shape index (κ1) is 17.1. The van der Waals surface area contributed by atoms with Crippen LogP contribution in [0.1, 0.15) is 47.1 Å². The maximum atomic E-state index is 12.7. The number of hydrogen-bond donors (Lipinski definition) is 2. The van der Waals surface area contributed by atoms with Gasteiger partial charge in [-0.05, 0) is 38.0 Å².